The van der Waals surface area contributed by atoms with Gasteiger partial charge in [-0.15, -0.1) is 0 Å². The Bertz CT molecular complexity index is 4840. The first kappa shape index (κ1) is 45.1. The molecule has 1 aromatic heterocycles. The van der Waals surface area contributed by atoms with Crippen molar-refractivity contribution in [1.82, 2.24) is 4.57 Å². The van der Waals surface area contributed by atoms with E-state index in [4.69, 9.17) is 0 Å². The van der Waals surface area contributed by atoms with Gasteiger partial charge >= 0.3 is 0 Å². The van der Waals surface area contributed by atoms with Crippen LogP contribution in [0.1, 0.15) is 80.6 Å². The van der Waals surface area contributed by atoms with Crippen LogP contribution in [0, 0.1) is 13.8 Å². The highest BCUT2D eigenvalue weighted by Crippen LogP contribution is 2.65. The molecular formula is C79H54N2. The highest BCUT2D eigenvalue weighted by molar-refractivity contribution is 6.13. The molecule has 13 aromatic rings. The Labute approximate surface area is 472 Å². The summed E-state index contributed by atoms with van der Waals surface area (Å²) in [5.41, 5.74) is 34.9. The zero-order valence-corrected chi connectivity index (χ0v) is 45.6. The summed E-state index contributed by atoms with van der Waals surface area (Å²) in [7, 11) is 0. The van der Waals surface area contributed by atoms with Crippen molar-refractivity contribution in [2.45, 2.75) is 43.9 Å². The lowest BCUT2D eigenvalue weighted by atomic mass is 9.65. The van der Waals surface area contributed by atoms with E-state index in [2.05, 4.69) is 292 Å². The summed E-state index contributed by atoms with van der Waals surface area (Å²) in [4.78, 5) is 2.52. The van der Waals surface area contributed by atoms with Gasteiger partial charge in [-0.3, -0.25) is 0 Å². The lowest BCUT2D eigenvalue weighted by molar-refractivity contribution is 0.660. The second-order valence-corrected chi connectivity index (χ2v) is 24.0. The number of nitrogens with zero attached hydrogens (tertiary/aromatic N) is 2. The summed E-state index contributed by atoms with van der Waals surface area (Å²) in [6.45, 7) is 9.27. The van der Waals surface area contributed by atoms with E-state index >= 15 is 0 Å². The van der Waals surface area contributed by atoms with E-state index in [1.54, 1.807) is 0 Å². The maximum absolute atomic E-state index is 2.58. The molecule has 2 spiro atoms. The second kappa shape index (κ2) is 15.7. The van der Waals surface area contributed by atoms with Crippen LogP contribution >= 0.6 is 0 Å². The van der Waals surface area contributed by atoms with Gasteiger partial charge in [-0.05, 0) is 192 Å². The molecule has 0 bridgehead atoms. The lowest BCUT2D eigenvalue weighted by Gasteiger charge is -2.40. The number of rotatable bonds is 4. The molecule has 0 atom stereocenters. The Hall–Kier alpha value is -9.76. The largest absolute Gasteiger partial charge is 0.310 e. The maximum atomic E-state index is 2.58. The molecule has 5 aliphatic rings. The van der Waals surface area contributed by atoms with E-state index in [0.29, 0.717) is 0 Å². The van der Waals surface area contributed by atoms with Gasteiger partial charge < -0.3 is 9.47 Å². The van der Waals surface area contributed by atoms with Crippen molar-refractivity contribution in [1.29, 1.82) is 0 Å². The van der Waals surface area contributed by atoms with Gasteiger partial charge in [0.1, 0.15) is 0 Å². The van der Waals surface area contributed by atoms with Gasteiger partial charge in [-0.2, -0.15) is 0 Å². The van der Waals surface area contributed by atoms with Crippen molar-refractivity contribution < 1.29 is 0 Å². The molecule has 2 heterocycles. The molecule has 2 heteroatoms. The van der Waals surface area contributed by atoms with Gasteiger partial charge in [-0.25, -0.2) is 0 Å². The van der Waals surface area contributed by atoms with E-state index < -0.39 is 10.8 Å². The molecule has 0 fully saturated rings. The van der Waals surface area contributed by atoms with Crippen molar-refractivity contribution in [2.75, 3.05) is 4.90 Å². The Morgan fingerprint density at radius 1 is 0.296 bits per heavy atom. The van der Waals surface area contributed by atoms with Crippen LogP contribution < -0.4 is 4.90 Å². The van der Waals surface area contributed by atoms with Crippen LogP contribution in [0.2, 0.25) is 0 Å². The molecule has 0 unspecified atom stereocenters. The molecule has 4 aliphatic carbocycles. The number of hydrogen-bond acceptors (Lipinski definition) is 1. The number of fused-ring (bicyclic) bond motifs is 25. The lowest BCUT2D eigenvalue weighted by Crippen LogP contribution is -2.33. The minimum atomic E-state index is -0.537. The fourth-order valence-corrected chi connectivity index (χ4v) is 16.4. The minimum absolute atomic E-state index is 0.167. The number of aromatic nitrogens is 1. The SMILES string of the molecule is Cc1ccc2c(c1)c1cc(C)cc3c1n2-c1ccc(-c2ccc(N(c4ccc5c(c4)C(C)(C)c4ccccc4-5)c4ccc5c(c4)C4(c6ccccc6-c6ccccc64)c4ccccc4-5)cc2)cc1C31c2ccccc2-c2ccccc21. The molecule has 18 rings (SSSR count). The fourth-order valence-electron chi connectivity index (χ4n) is 16.4. The monoisotopic (exact) mass is 1030 g/mol. The van der Waals surface area contributed by atoms with Crippen molar-refractivity contribution >= 4 is 38.9 Å². The van der Waals surface area contributed by atoms with Crippen molar-refractivity contribution in [3.63, 3.8) is 0 Å². The fraction of sp³-hybridized carbons (Fsp3) is 0.0886. The molecular weight excluding hydrogens is 977 g/mol. The molecule has 12 aromatic carbocycles. The third-order valence-electron chi connectivity index (χ3n) is 19.7. The van der Waals surface area contributed by atoms with Gasteiger partial charge in [-0.1, -0.05) is 213 Å². The normalized spacial score (nSPS) is 15.0. The number of hydrogen-bond donors (Lipinski definition) is 0. The quantitative estimate of drug-likeness (QED) is 0.171. The van der Waals surface area contributed by atoms with E-state index in [1.165, 1.54) is 150 Å². The van der Waals surface area contributed by atoms with E-state index in [0.717, 1.165) is 17.1 Å². The summed E-state index contributed by atoms with van der Waals surface area (Å²) in [5, 5.41) is 2.62. The first-order valence-corrected chi connectivity index (χ1v) is 28.7. The summed E-state index contributed by atoms with van der Waals surface area (Å²) < 4.78 is 2.58. The summed E-state index contributed by atoms with van der Waals surface area (Å²) in [6.07, 6.45) is 0. The molecule has 0 saturated heterocycles. The van der Waals surface area contributed by atoms with Gasteiger partial charge in [0, 0.05) is 33.2 Å². The predicted molar refractivity (Wildman–Crippen MR) is 335 cm³/mol. The maximum Gasteiger partial charge on any atom is 0.0754 e. The molecule has 0 radical (unpaired) electrons. The second-order valence-electron chi connectivity index (χ2n) is 24.0. The smallest absolute Gasteiger partial charge is 0.0754 e. The van der Waals surface area contributed by atoms with Gasteiger partial charge in [0.2, 0.25) is 0 Å². The third kappa shape index (κ3) is 5.57. The van der Waals surface area contributed by atoms with Crippen LogP contribution in [-0.4, -0.2) is 4.57 Å². The van der Waals surface area contributed by atoms with Gasteiger partial charge in [0.05, 0.1) is 27.6 Å². The molecule has 0 saturated carbocycles. The average Bonchev–Trinajstić information content (AvgIpc) is 2.39. The third-order valence-corrected chi connectivity index (χ3v) is 19.7. The Morgan fingerprint density at radius 3 is 1.28 bits per heavy atom. The van der Waals surface area contributed by atoms with Gasteiger partial charge in [0.15, 0.2) is 0 Å². The molecule has 81 heavy (non-hydrogen) atoms. The van der Waals surface area contributed by atoms with E-state index in [9.17, 15) is 0 Å². The number of aryl methyl sites for hydroxylation is 2. The Morgan fingerprint density at radius 2 is 0.728 bits per heavy atom. The Kier molecular flexibility index (Phi) is 8.77. The molecule has 0 N–H and O–H groups in total. The zero-order valence-electron chi connectivity index (χ0n) is 45.6. The van der Waals surface area contributed by atoms with Crippen molar-refractivity contribution in [2.24, 2.45) is 0 Å². The molecule has 380 valence electrons. The molecule has 1 aliphatic heterocycles. The van der Waals surface area contributed by atoms with Crippen LogP contribution in [0.5, 0.6) is 0 Å². The van der Waals surface area contributed by atoms with Crippen LogP contribution in [0.15, 0.2) is 255 Å². The first-order valence-electron chi connectivity index (χ1n) is 28.7. The molecule has 0 amide bonds. The Balaban J connectivity index is 0.846. The van der Waals surface area contributed by atoms with Crippen LogP contribution in [0.4, 0.5) is 17.1 Å². The van der Waals surface area contributed by atoms with E-state index in [-0.39, 0.29) is 5.41 Å². The van der Waals surface area contributed by atoms with Crippen LogP contribution in [0.25, 0.3) is 83.1 Å². The summed E-state index contributed by atoms with van der Waals surface area (Å²) in [5.74, 6) is 0. The highest BCUT2D eigenvalue weighted by atomic mass is 15.1. The van der Waals surface area contributed by atoms with Crippen LogP contribution in [-0.2, 0) is 16.2 Å². The standard InChI is InChI=1S/C79H54N2/c1-47-29-39-74-62(41-47)63-42-48(2)43-73-76(63)81(74)75-40-32-50(44-72(75)79(73)68-27-15-8-20-57(68)58-21-9-16-28-69(58)79)49-30-33-51(34-31-49)80(52-35-37-60-54-17-5-11-23-64(54)77(3,4)70(60)45-52)53-36-38-61-59-22-10-14-26-67(59)78(71(61)46-53)65-24-12-6-18-55(65)56-19-7-13-25-66(56)78/h5-46H,1-4H3. The number of benzene rings is 12. The van der Waals surface area contributed by atoms with Crippen molar-refractivity contribution in [3.8, 4) is 61.3 Å². The van der Waals surface area contributed by atoms with Gasteiger partial charge in [0.25, 0.3) is 0 Å². The predicted octanol–water partition coefficient (Wildman–Crippen LogP) is 19.9. The topological polar surface area (TPSA) is 8.17 Å². The first-order chi connectivity index (χ1) is 39.7. The average molecular weight is 1030 g/mol. The summed E-state index contributed by atoms with van der Waals surface area (Å²) >= 11 is 0. The van der Waals surface area contributed by atoms with E-state index in [1.807, 2.05) is 0 Å². The minimum Gasteiger partial charge on any atom is -0.310 e. The van der Waals surface area contributed by atoms with Crippen LogP contribution in [0.3, 0.4) is 0 Å². The highest BCUT2D eigenvalue weighted by Gasteiger charge is 2.53. The zero-order chi connectivity index (χ0) is 53.7. The number of anilines is 3. The molecule has 2 nitrogen and oxygen atoms in total. The summed E-state index contributed by atoms with van der Waals surface area (Å²) in [6, 6.07) is 97.9. The van der Waals surface area contributed by atoms with Crippen molar-refractivity contribution in [3.05, 3.63) is 322 Å².